The molecule has 0 heterocycles. The minimum atomic E-state index is -0.889. The standard InChI is InChI=1S/C35H29O2P/c36-35(37)30-9-7-8-29(24-30)33-22-25-14-18-27(33)19-15-26-17-21-28(20-16-25)34(23-26)38(31-10-3-1-4-11-31)32-12-5-2-6-13-32/h1-14,17-18,21-24H,15-16,19-20H2,(H,36,37). The fourth-order valence-electron chi connectivity index (χ4n) is 5.41. The lowest BCUT2D eigenvalue weighted by molar-refractivity contribution is 0.0697. The van der Waals surface area contributed by atoms with Crippen LogP contribution in [-0.2, 0) is 25.7 Å². The summed E-state index contributed by atoms with van der Waals surface area (Å²) in [5, 5.41) is 13.7. The van der Waals surface area contributed by atoms with Gasteiger partial charge >= 0.3 is 5.97 Å². The zero-order valence-electron chi connectivity index (χ0n) is 21.2. The molecule has 1 N–H and O–H groups in total. The number of aryl methyl sites for hydroxylation is 4. The third-order valence-corrected chi connectivity index (χ3v) is 9.91. The van der Waals surface area contributed by atoms with Crippen molar-refractivity contribution < 1.29 is 9.90 Å². The molecule has 0 radical (unpaired) electrons. The van der Waals surface area contributed by atoms with Crippen molar-refractivity contribution >= 4 is 29.8 Å². The van der Waals surface area contributed by atoms with E-state index in [1.807, 2.05) is 12.1 Å². The molecule has 4 aliphatic carbocycles. The first-order valence-corrected chi connectivity index (χ1v) is 14.5. The Balaban J connectivity index is 1.42. The van der Waals surface area contributed by atoms with Gasteiger partial charge in [0.15, 0.2) is 0 Å². The van der Waals surface area contributed by atoms with Gasteiger partial charge in [0.2, 0.25) is 0 Å². The van der Waals surface area contributed by atoms with Crippen LogP contribution in [0.15, 0.2) is 121 Å². The Bertz CT molecular complexity index is 1550. The normalized spacial score (nSPS) is 12.8. The molecule has 0 saturated heterocycles. The van der Waals surface area contributed by atoms with Crippen LogP contribution in [0.25, 0.3) is 11.1 Å². The van der Waals surface area contributed by atoms with Gasteiger partial charge in [-0.3, -0.25) is 0 Å². The van der Waals surface area contributed by atoms with E-state index in [1.54, 1.807) is 12.1 Å². The maximum atomic E-state index is 11.6. The molecule has 0 unspecified atom stereocenters. The largest absolute Gasteiger partial charge is 0.478 e. The van der Waals surface area contributed by atoms with Crippen LogP contribution in [0.1, 0.15) is 32.6 Å². The average Bonchev–Trinajstić information content (AvgIpc) is 2.96. The average molecular weight is 513 g/mol. The van der Waals surface area contributed by atoms with Crippen molar-refractivity contribution in [2.45, 2.75) is 25.7 Å². The van der Waals surface area contributed by atoms with Gasteiger partial charge in [0.1, 0.15) is 0 Å². The third-order valence-electron chi connectivity index (χ3n) is 7.38. The molecule has 186 valence electrons. The lowest BCUT2D eigenvalue weighted by Crippen LogP contribution is -2.24. The highest BCUT2D eigenvalue weighted by Crippen LogP contribution is 2.36. The van der Waals surface area contributed by atoms with Crippen LogP contribution in [0.3, 0.4) is 0 Å². The van der Waals surface area contributed by atoms with E-state index >= 15 is 0 Å². The molecular formula is C35H29O2P. The van der Waals surface area contributed by atoms with Crippen LogP contribution < -0.4 is 15.9 Å². The molecule has 2 nitrogen and oxygen atoms in total. The summed E-state index contributed by atoms with van der Waals surface area (Å²) in [6.45, 7) is 0. The monoisotopic (exact) mass is 512 g/mol. The van der Waals surface area contributed by atoms with E-state index in [4.69, 9.17) is 0 Å². The number of hydrogen-bond donors (Lipinski definition) is 1. The van der Waals surface area contributed by atoms with E-state index in [0.29, 0.717) is 5.56 Å². The summed E-state index contributed by atoms with van der Waals surface area (Å²) in [5.74, 6) is -0.889. The molecular weight excluding hydrogens is 483 g/mol. The fraction of sp³-hybridized carbons (Fsp3) is 0.114. The van der Waals surface area contributed by atoms with Crippen molar-refractivity contribution in [3.05, 3.63) is 149 Å². The van der Waals surface area contributed by atoms with Gasteiger partial charge < -0.3 is 5.11 Å². The first-order valence-electron chi connectivity index (χ1n) is 13.1. The van der Waals surface area contributed by atoms with Gasteiger partial charge in [0.05, 0.1) is 5.56 Å². The number of benzene rings is 5. The lowest BCUT2D eigenvalue weighted by Gasteiger charge is -2.24. The Morgan fingerprint density at radius 2 is 1.18 bits per heavy atom. The topological polar surface area (TPSA) is 37.3 Å². The SMILES string of the molecule is O=C(O)c1cccc(-c2cc3ccc2CCc2ccc(c(P(c4ccccc4)c4ccccc4)c2)CC3)c1. The number of hydrogen-bond acceptors (Lipinski definition) is 1. The van der Waals surface area contributed by atoms with Crippen molar-refractivity contribution in [3.63, 3.8) is 0 Å². The number of aromatic carboxylic acids is 1. The summed E-state index contributed by atoms with van der Waals surface area (Å²) < 4.78 is 0. The third kappa shape index (κ3) is 5.05. The second-order valence-electron chi connectivity index (χ2n) is 9.85. The van der Waals surface area contributed by atoms with Crippen LogP contribution in [-0.4, -0.2) is 11.1 Å². The summed E-state index contributed by atoms with van der Waals surface area (Å²) in [5.41, 5.74) is 7.75. The Morgan fingerprint density at radius 3 is 1.84 bits per heavy atom. The first kappa shape index (κ1) is 24.3. The molecule has 3 heteroatoms. The van der Waals surface area contributed by atoms with E-state index in [2.05, 4.69) is 97.1 Å². The molecule has 4 aliphatic rings. The van der Waals surface area contributed by atoms with E-state index in [0.717, 1.165) is 36.8 Å². The van der Waals surface area contributed by atoms with Gasteiger partial charge in [-0.25, -0.2) is 4.79 Å². The minimum absolute atomic E-state index is 0.328. The maximum absolute atomic E-state index is 11.6. The molecule has 0 fully saturated rings. The maximum Gasteiger partial charge on any atom is 0.335 e. The number of carboxylic acid groups (broad SMARTS) is 1. The highest BCUT2D eigenvalue weighted by atomic mass is 31.1. The highest BCUT2D eigenvalue weighted by molar-refractivity contribution is 7.79. The van der Waals surface area contributed by atoms with Crippen LogP contribution in [0, 0.1) is 0 Å². The number of rotatable bonds is 5. The zero-order chi connectivity index (χ0) is 25.9. The second kappa shape index (κ2) is 10.8. The van der Waals surface area contributed by atoms with E-state index in [-0.39, 0.29) is 0 Å². The summed E-state index contributed by atoms with van der Waals surface area (Å²) in [6.07, 6.45) is 3.73. The van der Waals surface area contributed by atoms with Crippen molar-refractivity contribution in [2.24, 2.45) is 0 Å². The van der Waals surface area contributed by atoms with Crippen molar-refractivity contribution in [3.8, 4) is 11.1 Å². The fourth-order valence-corrected chi connectivity index (χ4v) is 7.97. The number of carboxylic acids is 1. The van der Waals surface area contributed by atoms with Crippen molar-refractivity contribution in [2.75, 3.05) is 0 Å². The van der Waals surface area contributed by atoms with Gasteiger partial charge in [0, 0.05) is 0 Å². The van der Waals surface area contributed by atoms with Crippen LogP contribution in [0.5, 0.6) is 0 Å². The molecule has 0 aromatic heterocycles. The Morgan fingerprint density at radius 1 is 0.579 bits per heavy atom. The molecule has 0 spiro atoms. The molecule has 0 aliphatic heterocycles. The molecule has 38 heavy (non-hydrogen) atoms. The molecule has 0 atom stereocenters. The Kier molecular flexibility index (Phi) is 6.90. The van der Waals surface area contributed by atoms with Crippen molar-refractivity contribution in [1.29, 1.82) is 0 Å². The second-order valence-corrected chi connectivity index (χ2v) is 12.0. The zero-order valence-corrected chi connectivity index (χ0v) is 22.1. The van der Waals surface area contributed by atoms with Gasteiger partial charge in [-0.15, -0.1) is 0 Å². The Hall–Kier alpha value is -4.00. The minimum Gasteiger partial charge on any atom is -0.478 e. The Labute approximate surface area is 225 Å². The summed E-state index contributed by atoms with van der Waals surface area (Å²) >= 11 is 0. The molecule has 5 aromatic rings. The smallest absolute Gasteiger partial charge is 0.335 e. The van der Waals surface area contributed by atoms with Gasteiger partial charge in [-0.05, 0) is 95.0 Å². The molecule has 5 aromatic carbocycles. The summed E-state index contributed by atoms with van der Waals surface area (Å²) in [7, 11) is -0.664. The molecule has 9 rings (SSSR count). The first-order chi connectivity index (χ1) is 18.7. The number of carbonyl (C=O) groups is 1. The predicted octanol–water partition coefficient (Wildman–Crippen LogP) is 6.69. The molecule has 0 amide bonds. The van der Waals surface area contributed by atoms with E-state index in [1.165, 1.54) is 38.2 Å². The van der Waals surface area contributed by atoms with E-state index < -0.39 is 13.9 Å². The highest BCUT2D eigenvalue weighted by Gasteiger charge is 2.21. The quantitative estimate of drug-likeness (QED) is 0.266. The van der Waals surface area contributed by atoms with Crippen molar-refractivity contribution in [1.82, 2.24) is 0 Å². The predicted molar refractivity (Wildman–Crippen MR) is 159 cm³/mol. The van der Waals surface area contributed by atoms with Gasteiger partial charge in [0.25, 0.3) is 0 Å². The van der Waals surface area contributed by atoms with Gasteiger partial charge in [-0.1, -0.05) is 109 Å². The van der Waals surface area contributed by atoms with Crippen LogP contribution >= 0.6 is 7.92 Å². The van der Waals surface area contributed by atoms with E-state index in [9.17, 15) is 9.90 Å². The van der Waals surface area contributed by atoms with Crippen LogP contribution in [0.2, 0.25) is 0 Å². The lowest BCUT2D eigenvalue weighted by atomic mass is 9.90. The summed E-state index contributed by atoms with van der Waals surface area (Å²) in [6, 6.07) is 43.1. The van der Waals surface area contributed by atoms with Crippen LogP contribution in [0.4, 0.5) is 0 Å². The van der Waals surface area contributed by atoms with Gasteiger partial charge in [-0.2, -0.15) is 0 Å². The molecule has 0 saturated carbocycles. The molecule has 4 bridgehead atoms. The summed E-state index contributed by atoms with van der Waals surface area (Å²) in [4.78, 5) is 11.6.